The Morgan fingerprint density at radius 3 is 2.58 bits per heavy atom. The normalized spacial score (nSPS) is 17.9. The Labute approximate surface area is 238 Å². The first-order chi connectivity index (χ1) is 19.4. The molecule has 2 saturated heterocycles. The van der Waals surface area contributed by atoms with Crippen LogP contribution in [0.15, 0.2) is 49.1 Å². The third-order valence-corrected chi connectivity index (χ3v) is 8.61. The number of benzene rings is 1. The molecule has 9 heteroatoms. The van der Waals surface area contributed by atoms with E-state index in [2.05, 4.69) is 49.3 Å². The van der Waals surface area contributed by atoms with E-state index < -0.39 is 5.97 Å². The number of imidazole rings is 2. The van der Waals surface area contributed by atoms with Crippen molar-refractivity contribution in [3.63, 3.8) is 0 Å². The molecule has 2 aromatic heterocycles. The van der Waals surface area contributed by atoms with Crippen molar-refractivity contribution in [2.75, 3.05) is 39.3 Å². The first-order valence-corrected chi connectivity index (χ1v) is 14.8. The molecule has 2 aliphatic heterocycles. The highest BCUT2D eigenvalue weighted by Crippen LogP contribution is 2.40. The molecule has 216 valence electrons. The summed E-state index contributed by atoms with van der Waals surface area (Å²) >= 11 is 0. The third kappa shape index (κ3) is 7.59. The minimum atomic E-state index is -0.907. The number of carboxylic acids is 1. The number of nitrogens with zero attached hydrogens (tertiary/aromatic N) is 6. The number of aromatic carboxylic acids is 1. The summed E-state index contributed by atoms with van der Waals surface area (Å²) in [6.45, 7) is 14.9. The molecule has 4 heterocycles. The zero-order chi connectivity index (χ0) is 28.0. The van der Waals surface area contributed by atoms with Crippen molar-refractivity contribution < 1.29 is 9.90 Å². The van der Waals surface area contributed by atoms with Crippen molar-refractivity contribution in [3.05, 3.63) is 71.8 Å². The first-order valence-electron chi connectivity index (χ1n) is 14.8. The van der Waals surface area contributed by atoms with Crippen LogP contribution in [0.5, 0.6) is 0 Å². The lowest BCUT2D eigenvalue weighted by Gasteiger charge is -2.40. The lowest BCUT2D eigenvalue weighted by Crippen LogP contribution is -2.42. The average Bonchev–Trinajstić information content (AvgIpc) is 3.69. The minimum absolute atomic E-state index is 0.307. The molecule has 0 aliphatic carbocycles. The number of aromatic nitrogens is 4. The number of aryl methyl sites for hydroxylation is 1. The van der Waals surface area contributed by atoms with E-state index in [1.165, 1.54) is 52.0 Å². The van der Waals surface area contributed by atoms with Crippen LogP contribution in [-0.4, -0.2) is 84.6 Å². The molecule has 2 N–H and O–H groups in total. The largest absolute Gasteiger partial charge is 0.478 e. The number of hydrogen-bond acceptors (Lipinski definition) is 6. The molecule has 5 rings (SSSR count). The van der Waals surface area contributed by atoms with Gasteiger partial charge in [-0.15, -0.1) is 0 Å². The molecule has 1 spiro atoms. The van der Waals surface area contributed by atoms with Gasteiger partial charge in [-0.25, -0.2) is 14.8 Å². The van der Waals surface area contributed by atoms with Crippen LogP contribution in [0, 0.1) is 11.3 Å². The van der Waals surface area contributed by atoms with Crippen LogP contribution in [-0.2, 0) is 26.2 Å². The molecule has 0 bridgehead atoms. The van der Waals surface area contributed by atoms with Crippen molar-refractivity contribution in [3.8, 4) is 0 Å². The van der Waals surface area contributed by atoms with E-state index in [1.54, 1.807) is 18.3 Å². The van der Waals surface area contributed by atoms with Gasteiger partial charge in [0.1, 0.15) is 11.6 Å². The highest BCUT2D eigenvalue weighted by atomic mass is 16.4. The predicted octanol–water partition coefficient (Wildman–Crippen LogP) is 4.34. The molecule has 0 radical (unpaired) electrons. The van der Waals surface area contributed by atoms with E-state index in [4.69, 9.17) is 4.98 Å². The minimum Gasteiger partial charge on any atom is -0.478 e. The second-order valence-corrected chi connectivity index (χ2v) is 12.3. The number of hydrogen-bond donors (Lipinski definition) is 2. The van der Waals surface area contributed by atoms with Gasteiger partial charge in [0.15, 0.2) is 0 Å². The Morgan fingerprint density at radius 1 is 1.05 bits per heavy atom. The summed E-state index contributed by atoms with van der Waals surface area (Å²) < 4.78 is 2.28. The van der Waals surface area contributed by atoms with E-state index in [0.29, 0.717) is 30.6 Å². The highest BCUT2D eigenvalue weighted by molar-refractivity contribution is 5.87. The van der Waals surface area contributed by atoms with Gasteiger partial charge in [-0.2, -0.15) is 0 Å². The summed E-state index contributed by atoms with van der Waals surface area (Å²) in [6, 6.07) is 7.17. The monoisotopic (exact) mass is 547 g/mol. The van der Waals surface area contributed by atoms with Gasteiger partial charge in [-0.1, -0.05) is 26.0 Å². The molecule has 0 amide bonds. The van der Waals surface area contributed by atoms with E-state index in [-0.39, 0.29) is 0 Å². The molecule has 0 saturated carbocycles. The van der Waals surface area contributed by atoms with Gasteiger partial charge < -0.3 is 24.5 Å². The van der Waals surface area contributed by atoms with Gasteiger partial charge in [0.2, 0.25) is 0 Å². The number of likely N-dealkylation sites (tertiary alicyclic amines) is 2. The second-order valence-electron chi connectivity index (χ2n) is 12.3. The maximum Gasteiger partial charge on any atom is 0.335 e. The molecule has 1 aromatic carbocycles. The Kier molecular flexibility index (Phi) is 9.34. The van der Waals surface area contributed by atoms with Crippen LogP contribution >= 0.6 is 0 Å². The quantitative estimate of drug-likeness (QED) is 0.329. The molecule has 2 fully saturated rings. The van der Waals surface area contributed by atoms with Gasteiger partial charge in [0, 0.05) is 51.0 Å². The van der Waals surface area contributed by atoms with Crippen molar-refractivity contribution in [2.45, 2.75) is 65.7 Å². The summed E-state index contributed by atoms with van der Waals surface area (Å²) in [5, 5.41) is 9.42. The van der Waals surface area contributed by atoms with E-state index >= 15 is 0 Å². The van der Waals surface area contributed by atoms with Gasteiger partial charge in [-0.3, -0.25) is 4.90 Å². The average molecular weight is 548 g/mol. The number of nitrogens with one attached hydrogen (secondary N) is 1. The maximum atomic E-state index is 11.5. The van der Waals surface area contributed by atoms with E-state index in [1.807, 2.05) is 24.5 Å². The summed E-state index contributed by atoms with van der Waals surface area (Å²) in [4.78, 5) is 31.4. The molecular formula is C31H45N7O2. The van der Waals surface area contributed by atoms with Gasteiger partial charge in [0.25, 0.3) is 0 Å². The van der Waals surface area contributed by atoms with E-state index in [9.17, 15) is 9.90 Å². The fraction of sp³-hybridized carbons (Fsp3) is 0.581. The lowest BCUT2D eigenvalue weighted by molar-refractivity contribution is 0.0696. The Balaban J connectivity index is 1.14. The van der Waals surface area contributed by atoms with Crippen LogP contribution in [0.3, 0.4) is 0 Å². The Hall–Kier alpha value is -3.01. The Morgan fingerprint density at radius 2 is 1.85 bits per heavy atom. The molecule has 40 heavy (non-hydrogen) atoms. The molecule has 0 unspecified atom stereocenters. The van der Waals surface area contributed by atoms with Crippen LogP contribution in [0.25, 0.3) is 0 Å². The zero-order valence-corrected chi connectivity index (χ0v) is 24.1. The fourth-order valence-electron chi connectivity index (χ4n) is 6.54. The zero-order valence-electron chi connectivity index (χ0n) is 24.1. The van der Waals surface area contributed by atoms with Crippen molar-refractivity contribution in [1.29, 1.82) is 0 Å². The topological polar surface area (TPSA) is 93.5 Å². The van der Waals surface area contributed by atoms with Crippen LogP contribution in [0.4, 0.5) is 0 Å². The number of carboxylic acid groups (broad SMARTS) is 1. The second kappa shape index (κ2) is 13.1. The summed E-state index contributed by atoms with van der Waals surface area (Å²) in [7, 11) is 0. The first kappa shape index (κ1) is 28.5. The molecule has 9 nitrogen and oxygen atoms in total. The van der Waals surface area contributed by atoms with Crippen molar-refractivity contribution >= 4 is 5.97 Å². The molecule has 2 aliphatic rings. The molecule has 3 aromatic rings. The van der Waals surface area contributed by atoms with Crippen molar-refractivity contribution in [1.82, 2.24) is 34.2 Å². The lowest BCUT2D eigenvalue weighted by atomic mass is 9.77. The summed E-state index contributed by atoms with van der Waals surface area (Å²) in [5.74, 6) is 1.75. The van der Waals surface area contributed by atoms with Crippen LogP contribution in [0.1, 0.15) is 67.1 Å². The number of H-pyrrole nitrogens is 1. The maximum absolute atomic E-state index is 11.5. The number of rotatable bonds is 13. The van der Waals surface area contributed by atoms with Crippen LogP contribution in [0.2, 0.25) is 0 Å². The van der Waals surface area contributed by atoms with Crippen molar-refractivity contribution in [2.24, 2.45) is 11.3 Å². The molecular weight excluding hydrogens is 502 g/mol. The molecule has 0 atom stereocenters. The number of piperidine rings is 1. The summed E-state index contributed by atoms with van der Waals surface area (Å²) in [6.07, 6.45) is 12.7. The highest BCUT2D eigenvalue weighted by Gasteiger charge is 2.40. The number of carbonyl (C=O) groups is 1. The fourth-order valence-corrected chi connectivity index (χ4v) is 6.54. The van der Waals surface area contributed by atoms with Gasteiger partial charge in [-0.05, 0) is 80.9 Å². The Bertz CT molecular complexity index is 1210. The van der Waals surface area contributed by atoms with E-state index in [0.717, 1.165) is 42.6 Å². The van der Waals surface area contributed by atoms with Gasteiger partial charge >= 0.3 is 5.97 Å². The smallest absolute Gasteiger partial charge is 0.335 e. The summed E-state index contributed by atoms with van der Waals surface area (Å²) in [5.41, 5.74) is 1.81. The standard InChI is InChI=1S/C31H45N7O2/c1-25(2)20-35-15-7-31(8-16-35)9-17-36(24-31)13-4-14-38-18-12-34-29(38)23-37(22-28-32-10-11-33-28)21-26-5-3-6-27(19-26)30(39)40/h3,5-6,10-12,18-19,25H,4,7-9,13-17,20-24H2,1-2H3,(H,32,33)(H,39,40). The number of aromatic amines is 1. The SMILES string of the molecule is CC(C)CN1CCC2(CC1)CCN(CCCn1ccnc1CN(Cc1cccc(C(=O)O)c1)Cc1ncc[nH]1)C2. The van der Waals surface area contributed by atoms with Crippen LogP contribution < -0.4 is 0 Å². The third-order valence-electron chi connectivity index (χ3n) is 8.61. The van der Waals surface area contributed by atoms with Gasteiger partial charge in [0.05, 0.1) is 18.7 Å². The predicted molar refractivity (Wildman–Crippen MR) is 156 cm³/mol.